The van der Waals surface area contributed by atoms with Crippen molar-refractivity contribution < 1.29 is 18.7 Å². The summed E-state index contributed by atoms with van der Waals surface area (Å²) in [5, 5.41) is 5.50. The molecule has 1 saturated heterocycles. The van der Waals surface area contributed by atoms with E-state index < -0.39 is 0 Å². The minimum absolute atomic E-state index is 0.0907. The standard InChI is InChI=1S/C32H28FN5O3S/c33-27-12-5-4-7-23(27)20-41-26-11-6-8-22(17-26)29-24(19-38(36-29)25-9-2-1-3-10-25)18-28-31(40)35-32(42-28)37-15-13-21(14-16-37)30(34)39/h1-12,17-19,21H,13-16,20H2,(H2,34,39). The van der Waals surface area contributed by atoms with Crippen LogP contribution in [0.1, 0.15) is 24.0 Å². The molecule has 6 rings (SSSR count). The number of amidine groups is 1. The fourth-order valence-electron chi connectivity index (χ4n) is 4.97. The van der Waals surface area contributed by atoms with E-state index in [1.807, 2.05) is 71.8 Å². The molecule has 42 heavy (non-hydrogen) atoms. The Morgan fingerprint density at radius 3 is 2.57 bits per heavy atom. The average molecular weight is 582 g/mol. The monoisotopic (exact) mass is 581 g/mol. The Kier molecular flexibility index (Phi) is 7.87. The lowest BCUT2D eigenvalue weighted by atomic mass is 9.97. The number of carbonyl (C=O) groups excluding carboxylic acids is 2. The van der Waals surface area contributed by atoms with Gasteiger partial charge < -0.3 is 15.4 Å². The van der Waals surface area contributed by atoms with Gasteiger partial charge in [0.05, 0.1) is 10.6 Å². The predicted molar refractivity (Wildman–Crippen MR) is 161 cm³/mol. The number of thioether (sulfide) groups is 1. The molecule has 2 N–H and O–H groups in total. The Hall–Kier alpha value is -4.70. The van der Waals surface area contributed by atoms with Crippen molar-refractivity contribution in [1.29, 1.82) is 0 Å². The largest absolute Gasteiger partial charge is 0.489 e. The summed E-state index contributed by atoms with van der Waals surface area (Å²) in [6, 6.07) is 23.7. The first-order valence-corrected chi connectivity index (χ1v) is 14.4. The highest BCUT2D eigenvalue weighted by Crippen LogP contribution is 2.35. The lowest BCUT2D eigenvalue weighted by molar-refractivity contribution is -0.123. The van der Waals surface area contributed by atoms with Crippen LogP contribution in [0.4, 0.5) is 4.39 Å². The van der Waals surface area contributed by atoms with Gasteiger partial charge in [-0.2, -0.15) is 10.1 Å². The number of likely N-dealkylation sites (tertiary alicyclic amines) is 1. The van der Waals surface area contributed by atoms with Crippen molar-refractivity contribution in [2.45, 2.75) is 19.4 Å². The van der Waals surface area contributed by atoms with E-state index in [4.69, 9.17) is 15.6 Å². The molecule has 0 aliphatic carbocycles. The van der Waals surface area contributed by atoms with Gasteiger partial charge in [-0.05, 0) is 61.0 Å². The van der Waals surface area contributed by atoms with E-state index in [9.17, 15) is 14.0 Å². The number of nitrogens with two attached hydrogens (primary N) is 1. The summed E-state index contributed by atoms with van der Waals surface area (Å²) in [5.74, 6) is -0.483. The summed E-state index contributed by atoms with van der Waals surface area (Å²) in [6.07, 6.45) is 4.99. The van der Waals surface area contributed by atoms with E-state index in [0.29, 0.717) is 53.0 Å². The molecule has 0 saturated carbocycles. The van der Waals surface area contributed by atoms with Crippen molar-refractivity contribution in [3.63, 3.8) is 0 Å². The van der Waals surface area contributed by atoms with Gasteiger partial charge >= 0.3 is 0 Å². The molecule has 0 unspecified atom stereocenters. The van der Waals surface area contributed by atoms with E-state index in [0.717, 1.165) is 16.8 Å². The number of amides is 2. The van der Waals surface area contributed by atoms with Crippen LogP contribution >= 0.6 is 11.8 Å². The minimum atomic E-state index is -0.318. The van der Waals surface area contributed by atoms with Crippen LogP contribution in [0, 0.1) is 11.7 Å². The van der Waals surface area contributed by atoms with Crippen molar-refractivity contribution in [3.8, 4) is 22.7 Å². The Morgan fingerprint density at radius 2 is 1.81 bits per heavy atom. The molecule has 1 fully saturated rings. The first-order valence-electron chi connectivity index (χ1n) is 13.6. The van der Waals surface area contributed by atoms with E-state index in [1.54, 1.807) is 22.9 Å². The number of benzene rings is 3. The van der Waals surface area contributed by atoms with Crippen LogP contribution in [0.3, 0.4) is 0 Å². The summed E-state index contributed by atoms with van der Waals surface area (Å²) in [4.78, 5) is 31.4. The maximum Gasteiger partial charge on any atom is 0.286 e. The van der Waals surface area contributed by atoms with Gasteiger partial charge in [-0.15, -0.1) is 0 Å². The Balaban J connectivity index is 1.28. The van der Waals surface area contributed by atoms with Crippen LogP contribution in [-0.4, -0.2) is 44.8 Å². The minimum Gasteiger partial charge on any atom is -0.489 e. The van der Waals surface area contributed by atoms with Gasteiger partial charge in [0.15, 0.2) is 5.17 Å². The number of nitrogens with zero attached hydrogens (tertiary/aromatic N) is 4. The molecule has 0 atom stereocenters. The van der Waals surface area contributed by atoms with Gasteiger partial charge in [0, 0.05) is 41.9 Å². The number of hydrogen-bond acceptors (Lipinski definition) is 6. The highest BCUT2D eigenvalue weighted by Gasteiger charge is 2.31. The van der Waals surface area contributed by atoms with Gasteiger partial charge in [0.1, 0.15) is 23.9 Å². The molecule has 3 aromatic carbocycles. The fraction of sp³-hybridized carbons (Fsp3) is 0.188. The zero-order chi connectivity index (χ0) is 29.1. The van der Waals surface area contributed by atoms with Gasteiger partial charge in [-0.3, -0.25) is 9.59 Å². The second-order valence-corrected chi connectivity index (χ2v) is 11.1. The molecular formula is C32H28FN5O3S. The Bertz CT molecular complexity index is 1690. The zero-order valence-corrected chi connectivity index (χ0v) is 23.5. The second kappa shape index (κ2) is 12.0. The molecule has 212 valence electrons. The number of carbonyl (C=O) groups is 2. The van der Waals surface area contributed by atoms with Crippen molar-refractivity contribution in [2.24, 2.45) is 16.6 Å². The second-order valence-electron chi connectivity index (χ2n) is 10.1. The summed E-state index contributed by atoms with van der Waals surface area (Å²) >= 11 is 1.32. The molecule has 0 spiro atoms. The number of rotatable bonds is 7. The van der Waals surface area contributed by atoms with Crippen molar-refractivity contribution in [3.05, 3.63) is 107 Å². The molecule has 0 bridgehead atoms. The van der Waals surface area contributed by atoms with Gasteiger partial charge in [0.2, 0.25) is 5.91 Å². The number of aliphatic imine (C=N–C) groups is 1. The van der Waals surface area contributed by atoms with Crippen LogP contribution in [0.15, 0.2) is 95.0 Å². The topological polar surface area (TPSA) is 103 Å². The molecule has 3 heterocycles. The van der Waals surface area contributed by atoms with Gasteiger partial charge in [-0.1, -0.05) is 48.5 Å². The Labute approximate surface area is 246 Å². The van der Waals surface area contributed by atoms with Crippen LogP contribution < -0.4 is 10.5 Å². The number of para-hydroxylation sites is 1. The van der Waals surface area contributed by atoms with Crippen molar-refractivity contribution in [1.82, 2.24) is 14.7 Å². The van der Waals surface area contributed by atoms with Crippen LogP contribution in [0.5, 0.6) is 5.75 Å². The molecule has 4 aromatic rings. The Morgan fingerprint density at radius 1 is 1.05 bits per heavy atom. The van der Waals surface area contributed by atoms with E-state index >= 15 is 0 Å². The molecule has 2 aliphatic heterocycles. The maximum absolute atomic E-state index is 14.1. The lowest BCUT2D eigenvalue weighted by Crippen LogP contribution is -2.40. The summed E-state index contributed by atoms with van der Waals surface area (Å²) in [6.45, 7) is 1.33. The maximum atomic E-state index is 14.1. The zero-order valence-electron chi connectivity index (χ0n) is 22.7. The van der Waals surface area contributed by atoms with Gasteiger partial charge in [0.25, 0.3) is 5.91 Å². The molecule has 2 aliphatic rings. The number of aromatic nitrogens is 2. The predicted octanol–water partition coefficient (Wildman–Crippen LogP) is 5.43. The average Bonchev–Trinajstić information content (AvgIpc) is 3.61. The first-order chi connectivity index (χ1) is 20.4. The summed E-state index contributed by atoms with van der Waals surface area (Å²) in [5.41, 5.74) is 8.99. The van der Waals surface area contributed by atoms with Crippen LogP contribution in [-0.2, 0) is 16.2 Å². The molecule has 1 aromatic heterocycles. The van der Waals surface area contributed by atoms with Crippen molar-refractivity contribution in [2.75, 3.05) is 13.1 Å². The lowest BCUT2D eigenvalue weighted by Gasteiger charge is -2.31. The normalized spacial score (nSPS) is 16.6. The summed E-state index contributed by atoms with van der Waals surface area (Å²) < 4.78 is 21.8. The van der Waals surface area contributed by atoms with Crippen molar-refractivity contribution >= 4 is 34.8 Å². The molecule has 2 amide bonds. The molecular weight excluding hydrogens is 553 g/mol. The number of hydrogen-bond donors (Lipinski definition) is 1. The smallest absolute Gasteiger partial charge is 0.286 e. The quantitative estimate of drug-likeness (QED) is 0.292. The number of piperidine rings is 1. The van der Waals surface area contributed by atoms with Crippen LogP contribution in [0.25, 0.3) is 23.0 Å². The number of primary amides is 1. The van der Waals surface area contributed by atoms with E-state index in [-0.39, 0.29) is 30.2 Å². The van der Waals surface area contributed by atoms with Gasteiger partial charge in [-0.25, -0.2) is 9.07 Å². The van der Waals surface area contributed by atoms with E-state index in [2.05, 4.69) is 4.99 Å². The third kappa shape index (κ3) is 5.99. The van der Waals surface area contributed by atoms with Crippen LogP contribution in [0.2, 0.25) is 0 Å². The SMILES string of the molecule is NC(=O)C1CCN(C2=NC(=O)C(=Cc3cn(-c4ccccc4)nc3-c3cccc(OCc4ccccc4F)c3)S2)CC1. The number of halogens is 1. The third-order valence-electron chi connectivity index (χ3n) is 7.29. The first kappa shape index (κ1) is 27.5. The highest BCUT2D eigenvalue weighted by molar-refractivity contribution is 8.18. The summed E-state index contributed by atoms with van der Waals surface area (Å²) in [7, 11) is 0. The molecule has 8 nitrogen and oxygen atoms in total. The molecule has 0 radical (unpaired) electrons. The van der Waals surface area contributed by atoms with E-state index in [1.165, 1.54) is 17.8 Å². The fourth-order valence-corrected chi connectivity index (χ4v) is 5.93. The third-order valence-corrected chi connectivity index (χ3v) is 8.33. The number of ether oxygens (including phenoxy) is 1. The highest BCUT2D eigenvalue weighted by atomic mass is 32.2. The molecule has 10 heteroatoms.